The molecule has 1 atom stereocenters. The van der Waals surface area contributed by atoms with Crippen LogP contribution in [0, 0.1) is 0 Å². The number of halogens is 1. The van der Waals surface area contributed by atoms with Gasteiger partial charge in [-0.25, -0.2) is 0 Å². The Labute approximate surface area is 123 Å². The Kier molecular flexibility index (Phi) is 3.79. The van der Waals surface area contributed by atoms with Crippen LogP contribution in [0.3, 0.4) is 0 Å². The van der Waals surface area contributed by atoms with Crippen molar-refractivity contribution >= 4 is 27.9 Å². The maximum atomic E-state index is 12.0. The molecule has 1 aliphatic heterocycles. The smallest absolute Gasteiger partial charge is 0.322 e. The number of amides is 1. The number of aromatic nitrogens is 2. The summed E-state index contributed by atoms with van der Waals surface area (Å²) in [6, 6.07) is 7.13. The molecule has 0 saturated carbocycles. The normalized spacial score (nSPS) is 18.1. The summed E-state index contributed by atoms with van der Waals surface area (Å²) in [5, 5.41) is 10.3. The second kappa shape index (κ2) is 5.72. The first kappa shape index (κ1) is 13.3. The van der Waals surface area contributed by atoms with E-state index in [-0.39, 0.29) is 18.0 Å². The summed E-state index contributed by atoms with van der Waals surface area (Å²) in [4.78, 5) is 12.0. The SMILES string of the molecule is O=C(Nc1nnc(C2CCCO2)o1)c1cccc(Br)c1. The molecule has 2 heterocycles. The predicted molar refractivity (Wildman–Crippen MR) is 74.3 cm³/mol. The molecular formula is C13H12BrN3O3. The highest BCUT2D eigenvalue weighted by Gasteiger charge is 2.24. The lowest BCUT2D eigenvalue weighted by atomic mass is 10.2. The van der Waals surface area contributed by atoms with Crippen LogP contribution >= 0.6 is 15.9 Å². The molecule has 0 bridgehead atoms. The molecule has 0 aliphatic carbocycles. The maximum Gasteiger partial charge on any atom is 0.322 e. The summed E-state index contributed by atoms with van der Waals surface area (Å²) in [5.41, 5.74) is 0.510. The van der Waals surface area contributed by atoms with E-state index in [2.05, 4.69) is 31.4 Å². The third-order valence-corrected chi connectivity index (χ3v) is 3.45. The largest absolute Gasteiger partial charge is 0.405 e. The lowest BCUT2D eigenvalue weighted by Crippen LogP contribution is -2.12. The van der Waals surface area contributed by atoms with E-state index in [9.17, 15) is 4.79 Å². The van der Waals surface area contributed by atoms with Crippen LogP contribution in [0.4, 0.5) is 6.01 Å². The third kappa shape index (κ3) is 2.88. The van der Waals surface area contributed by atoms with Gasteiger partial charge < -0.3 is 9.15 Å². The van der Waals surface area contributed by atoms with Crippen molar-refractivity contribution in [2.75, 3.05) is 11.9 Å². The molecule has 104 valence electrons. The molecule has 6 nitrogen and oxygen atoms in total. The topological polar surface area (TPSA) is 77.2 Å². The average Bonchev–Trinajstić information content (AvgIpc) is 3.08. The number of nitrogens with one attached hydrogen (secondary N) is 1. The van der Waals surface area contributed by atoms with Gasteiger partial charge in [0.25, 0.3) is 5.91 Å². The highest BCUT2D eigenvalue weighted by atomic mass is 79.9. The quantitative estimate of drug-likeness (QED) is 0.931. The second-order valence-corrected chi connectivity index (χ2v) is 5.33. The number of carbonyl (C=O) groups excluding carboxylic acids is 1. The lowest BCUT2D eigenvalue weighted by Gasteiger charge is -2.02. The van der Waals surface area contributed by atoms with Gasteiger partial charge in [0.2, 0.25) is 5.89 Å². The highest BCUT2D eigenvalue weighted by Crippen LogP contribution is 2.28. The zero-order valence-corrected chi connectivity index (χ0v) is 12.1. The second-order valence-electron chi connectivity index (χ2n) is 4.41. The number of ether oxygens (including phenoxy) is 1. The molecule has 1 unspecified atom stereocenters. The van der Waals surface area contributed by atoms with Gasteiger partial charge in [-0.15, -0.1) is 5.10 Å². The third-order valence-electron chi connectivity index (χ3n) is 2.95. The van der Waals surface area contributed by atoms with Crippen molar-refractivity contribution in [2.24, 2.45) is 0 Å². The standard InChI is InChI=1S/C13H12BrN3O3/c14-9-4-1-3-8(7-9)11(18)15-13-17-16-12(20-13)10-5-2-6-19-10/h1,3-4,7,10H,2,5-6H2,(H,15,17,18). The number of hydrogen-bond donors (Lipinski definition) is 1. The first-order chi connectivity index (χ1) is 9.72. The summed E-state index contributed by atoms with van der Waals surface area (Å²) in [7, 11) is 0. The fourth-order valence-electron chi connectivity index (χ4n) is 1.99. The van der Waals surface area contributed by atoms with E-state index in [0.717, 1.165) is 17.3 Å². The molecule has 7 heteroatoms. The van der Waals surface area contributed by atoms with Crippen LogP contribution in [0.15, 0.2) is 33.2 Å². The molecule has 1 N–H and O–H groups in total. The van der Waals surface area contributed by atoms with Crippen LogP contribution in [0.5, 0.6) is 0 Å². The zero-order valence-electron chi connectivity index (χ0n) is 10.5. The number of benzene rings is 1. The number of anilines is 1. The molecule has 1 aromatic carbocycles. The van der Waals surface area contributed by atoms with Crippen LogP contribution in [0.2, 0.25) is 0 Å². The van der Waals surface area contributed by atoms with E-state index in [1.54, 1.807) is 18.2 Å². The Hall–Kier alpha value is -1.73. The van der Waals surface area contributed by atoms with Crippen molar-refractivity contribution in [3.05, 3.63) is 40.2 Å². The Balaban J connectivity index is 1.70. The number of carbonyl (C=O) groups is 1. The van der Waals surface area contributed by atoms with Crippen molar-refractivity contribution in [3.63, 3.8) is 0 Å². The maximum absolute atomic E-state index is 12.0. The lowest BCUT2D eigenvalue weighted by molar-refractivity contribution is 0.0893. The molecule has 1 aliphatic rings. The van der Waals surface area contributed by atoms with Crippen molar-refractivity contribution in [1.29, 1.82) is 0 Å². The Morgan fingerprint density at radius 3 is 3.05 bits per heavy atom. The van der Waals surface area contributed by atoms with E-state index in [4.69, 9.17) is 9.15 Å². The van der Waals surface area contributed by atoms with E-state index in [1.807, 2.05) is 6.07 Å². The summed E-state index contributed by atoms with van der Waals surface area (Å²) >= 11 is 3.32. The van der Waals surface area contributed by atoms with Crippen molar-refractivity contribution in [2.45, 2.75) is 18.9 Å². The number of nitrogens with zero attached hydrogens (tertiary/aromatic N) is 2. The summed E-state index contributed by atoms with van der Waals surface area (Å²) in [5.74, 6) is 0.112. The monoisotopic (exact) mass is 337 g/mol. The highest BCUT2D eigenvalue weighted by molar-refractivity contribution is 9.10. The van der Waals surface area contributed by atoms with E-state index in [1.165, 1.54) is 0 Å². The van der Waals surface area contributed by atoms with Gasteiger partial charge in [0, 0.05) is 16.6 Å². The summed E-state index contributed by atoms with van der Waals surface area (Å²) in [6.07, 6.45) is 1.69. The molecular weight excluding hydrogens is 326 g/mol. The molecule has 2 aromatic rings. The van der Waals surface area contributed by atoms with Gasteiger partial charge in [-0.1, -0.05) is 27.1 Å². The van der Waals surface area contributed by atoms with Crippen LogP contribution < -0.4 is 5.32 Å². The zero-order chi connectivity index (χ0) is 13.9. The number of hydrogen-bond acceptors (Lipinski definition) is 5. The Bertz CT molecular complexity index is 623. The molecule has 1 saturated heterocycles. The minimum atomic E-state index is -0.297. The fraction of sp³-hybridized carbons (Fsp3) is 0.308. The van der Waals surface area contributed by atoms with Crippen molar-refractivity contribution < 1.29 is 13.9 Å². The van der Waals surface area contributed by atoms with Gasteiger partial charge in [0.15, 0.2) is 0 Å². The van der Waals surface area contributed by atoms with Gasteiger partial charge in [-0.3, -0.25) is 10.1 Å². The molecule has 0 radical (unpaired) electrons. The molecule has 1 amide bonds. The van der Waals surface area contributed by atoms with E-state index >= 15 is 0 Å². The van der Waals surface area contributed by atoms with E-state index in [0.29, 0.717) is 18.1 Å². The van der Waals surface area contributed by atoms with E-state index < -0.39 is 0 Å². The fourth-order valence-corrected chi connectivity index (χ4v) is 2.39. The average molecular weight is 338 g/mol. The summed E-state index contributed by atoms with van der Waals surface area (Å²) < 4.78 is 11.7. The molecule has 1 aromatic heterocycles. The van der Waals surface area contributed by atoms with Gasteiger partial charge in [-0.2, -0.15) is 0 Å². The van der Waals surface area contributed by atoms with Crippen LogP contribution in [-0.2, 0) is 4.74 Å². The van der Waals surface area contributed by atoms with Crippen LogP contribution in [0.1, 0.15) is 35.2 Å². The number of rotatable bonds is 3. The van der Waals surface area contributed by atoms with Gasteiger partial charge in [-0.05, 0) is 31.0 Å². The minimum absolute atomic E-state index is 0.0838. The van der Waals surface area contributed by atoms with Crippen LogP contribution in [-0.4, -0.2) is 22.7 Å². The predicted octanol–water partition coefficient (Wildman–Crippen LogP) is 2.94. The Morgan fingerprint density at radius 1 is 1.40 bits per heavy atom. The van der Waals surface area contributed by atoms with Gasteiger partial charge in [0.05, 0.1) is 0 Å². The van der Waals surface area contributed by atoms with Crippen molar-refractivity contribution in [1.82, 2.24) is 10.2 Å². The first-order valence-corrected chi connectivity index (χ1v) is 7.03. The van der Waals surface area contributed by atoms with Gasteiger partial charge >= 0.3 is 6.01 Å². The Morgan fingerprint density at radius 2 is 2.30 bits per heavy atom. The molecule has 20 heavy (non-hydrogen) atoms. The van der Waals surface area contributed by atoms with Crippen LogP contribution in [0.25, 0.3) is 0 Å². The molecule has 0 spiro atoms. The van der Waals surface area contributed by atoms with Crippen molar-refractivity contribution in [3.8, 4) is 0 Å². The molecule has 1 fully saturated rings. The minimum Gasteiger partial charge on any atom is -0.405 e. The molecule has 3 rings (SSSR count). The first-order valence-electron chi connectivity index (χ1n) is 6.24. The van der Waals surface area contributed by atoms with Gasteiger partial charge in [0.1, 0.15) is 6.10 Å². The summed E-state index contributed by atoms with van der Waals surface area (Å²) in [6.45, 7) is 0.701.